The van der Waals surface area contributed by atoms with Gasteiger partial charge in [0.2, 0.25) is 0 Å². The number of hydrogen-bond acceptors (Lipinski definition) is 1. The van der Waals surface area contributed by atoms with Crippen molar-refractivity contribution in [2.75, 3.05) is 5.32 Å². The lowest BCUT2D eigenvalue weighted by atomic mass is 10.1. The van der Waals surface area contributed by atoms with Crippen LogP contribution in [-0.4, -0.2) is 5.91 Å². The summed E-state index contributed by atoms with van der Waals surface area (Å²) in [6.07, 6.45) is 0. The van der Waals surface area contributed by atoms with Crippen LogP contribution in [0.25, 0.3) is 10.8 Å². The molecule has 0 saturated carbocycles. The Kier molecular flexibility index (Phi) is 3.59. The van der Waals surface area contributed by atoms with Crippen LogP contribution in [0.15, 0.2) is 60.7 Å². The summed E-state index contributed by atoms with van der Waals surface area (Å²) in [4.78, 5) is 12.2. The standard InChI is InChI=1S/C17H11ClFNO/c18-14-7-8-15(19)16(10-14)20-17(21)13-6-5-11-3-1-2-4-12(11)9-13/h1-10H,(H,20,21). The van der Waals surface area contributed by atoms with Crippen molar-refractivity contribution in [3.05, 3.63) is 77.1 Å². The van der Waals surface area contributed by atoms with Gasteiger partial charge in [0, 0.05) is 10.6 Å². The summed E-state index contributed by atoms with van der Waals surface area (Å²) >= 11 is 5.81. The molecule has 0 heterocycles. The first kappa shape index (κ1) is 13.6. The molecule has 0 unspecified atom stereocenters. The molecular weight excluding hydrogens is 289 g/mol. The number of rotatable bonds is 2. The number of hydrogen-bond donors (Lipinski definition) is 1. The van der Waals surface area contributed by atoms with E-state index in [4.69, 9.17) is 11.6 Å². The highest BCUT2D eigenvalue weighted by molar-refractivity contribution is 6.31. The number of nitrogens with one attached hydrogen (secondary N) is 1. The Bertz CT molecular complexity index is 832. The summed E-state index contributed by atoms with van der Waals surface area (Å²) in [5.74, 6) is -0.893. The van der Waals surface area contributed by atoms with Crippen LogP contribution in [0.4, 0.5) is 10.1 Å². The van der Waals surface area contributed by atoms with Gasteiger partial charge in [-0.1, -0.05) is 41.9 Å². The van der Waals surface area contributed by atoms with Crippen molar-refractivity contribution >= 4 is 34.0 Å². The molecule has 2 nitrogen and oxygen atoms in total. The van der Waals surface area contributed by atoms with Crippen LogP contribution in [0.3, 0.4) is 0 Å². The quantitative estimate of drug-likeness (QED) is 0.717. The van der Waals surface area contributed by atoms with E-state index in [1.54, 1.807) is 12.1 Å². The zero-order chi connectivity index (χ0) is 14.8. The molecule has 3 aromatic carbocycles. The minimum absolute atomic E-state index is 0.0701. The van der Waals surface area contributed by atoms with Gasteiger partial charge in [-0.05, 0) is 41.1 Å². The van der Waals surface area contributed by atoms with Gasteiger partial charge >= 0.3 is 0 Å². The first-order valence-electron chi connectivity index (χ1n) is 6.39. The first-order chi connectivity index (χ1) is 10.1. The highest BCUT2D eigenvalue weighted by Gasteiger charge is 2.10. The highest BCUT2D eigenvalue weighted by Crippen LogP contribution is 2.21. The van der Waals surface area contributed by atoms with Crippen LogP contribution < -0.4 is 5.32 Å². The largest absolute Gasteiger partial charge is 0.319 e. The maximum absolute atomic E-state index is 13.6. The van der Waals surface area contributed by atoms with E-state index < -0.39 is 5.82 Å². The second-order valence-electron chi connectivity index (χ2n) is 4.64. The van der Waals surface area contributed by atoms with Crippen LogP contribution in [0.1, 0.15) is 10.4 Å². The van der Waals surface area contributed by atoms with E-state index in [9.17, 15) is 9.18 Å². The summed E-state index contributed by atoms with van der Waals surface area (Å²) in [7, 11) is 0. The van der Waals surface area contributed by atoms with E-state index >= 15 is 0 Å². The average Bonchev–Trinajstić information content (AvgIpc) is 2.50. The molecular formula is C17H11ClFNO. The van der Waals surface area contributed by atoms with Gasteiger partial charge < -0.3 is 5.32 Å². The minimum Gasteiger partial charge on any atom is -0.319 e. The SMILES string of the molecule is O=C(Nc1cc(Cl)ccc1F)c1ccc2ccccc2c1. The normalized spacial score (nSPS) is 10.6. The number of anilines is 1. The van der Waals surface area contributed by atoms with Crippen molar-refractivity contribution in [1.82, 2.24) is 0 Å². The Morgan fingerprint density at radius 1 is 0.952 bits per heavy atom. The summed E-state index contributed by atoms with van der Waals surface area (Å²) < 4.78 is 13.6. The van der Waals surface area contributed by atoms with E-state index in [0.29, 0.717) is 10.6 Å². The maximum atomic E-state index is 13.6. The number of halogens is 2. The summed E-state index contributed by atoms with van der Waals surface area (Å²) in [6.45, 7) is 0. The first-order valence-corrected chi connectivity index (χ1v) is 6.76. The summed E-state index contributed by atoms with van der Waals surface area (Å²) in [5.41, 5.74) is 0.536. The molecule has 0 aromatic heterocycles. The molecule has 0 aliphatic carbocycles. The van der Waals surface area contributed by atoms with E-state index in [1.807, 2.05) is 30.3 Å². The van der Waals surface area contributed by atoms with Crippen LogP contribution in [0.5, 0.6) is 0 Å². The predicted molar refractivity (Wildman–Crippen MR) is 83.3 cm³/mol. The number of fused-ring (bicyclic) bond motifs is 1. The van der Waals surface area contributed by atoms with Gasteiger partial charge in [0.05, 0.1) is 5.69 Å². The molecule has 0 radical (unpaired) electrons. The number of carbonyl (C=O) groups excluding carboxylic acids is 1. The summed E-state index contributed by atoms with van der Waals surface area (Å²) in [5, 5.41) is 4.90. The van der Waals surface area contributed by atoms with Crippen molar-refractivity contribution in [3.8, 4) is 0 Å². The van der Waals surface area contributed by atoms with Crippen molar-refractivity contribution in [2.45, 2.75) is 0 Å². The molecule has 0 bridgehead atoms. The van der Waals surface area contributed by atoms with Crippen molar-refractivity contribution in [2.24, 2.45) is 0 Å². The molecule has 3 aromatic rings. The topological polar surface area (TPSA) is 29.1 Å². The Morgan fingerprint density at radius 2 is 1.71 bits per heavy atom. The fourth-order valence-electron chi connectivity index (χ4n) is 2.12. The van der Waals surface area contributed by atoms with Gasteiger partial charge in [0.15, 0.2) is 0 Å². The van der Waals surface area contributed by atoms with Crippen LogP contribution in [0.2, 0.25) is 5.02 Å². The maximum Gasteiger partial charge on any atom is 0.255 e. The third kappa shape index (κ3) is 2.88. The fraction of sp³-hybridized carbons (Fsp3) is 0. The van der Waals surface area contributed by atoms with Crippen molar-refractivity contribution in [3.63, 3.8) is 0 Å². The number of amides is 1. The van der Waals surface area contributed by atoms with Gasteiger partial charge in [-0.2, -0.15) is 0 Å². The third-order valence-corrected chi connectivity index (χ3v) is 3.42. The second-order valence-corrected chi connectivity index (χ2v) is 5.08. The third-order valence-electron chi connectivity index (χ3n) is 3.19. The molecule has 3 rings (SSSR count). The Hall–Kier alpha value is -2.39. The molecule has 1 N–H and O–H groups in total. The lowest BCUT2D eigenvalue weighted by Crippen LogP contribution is -2.12. The molecule has 0 fully saturated rings. The number of benzene rings is 3. The number of carbonyl (C=O) groups is 1. The van der Waals surface area contributed by atoms with E-state index in [-0.39, 0.29) is 11.6 Å². The highest BCUT2D eigenvalue weighted by atomic mass is 35.5. The van der Waals surface area contributed by atoms with Crippen LogP contribution in [0, 0.1) is 5.82 Å². The van der Waals surface area contributed by atoms with Gasteiger partial charge in [-0.3, -0.25) is 4.79 Å². The molecule has 21 heavy (non-hydrogen) atoms. The lowest BCUT2D eigenvalue weighted by molar-refractivity contribution is 0.102. The van der Waals surface area contributed by atoms with E-state index in [1.165, 1.54) is 18.2 Å². The predicted octanol–water partition coefficient (Wildman–Crippen LogP) is 4.88. The summed E-state index contributed by atoms with van der Waals surface area (Å²) in [6, 6.07) is 17.1. The fourth-order valence-corrected chi connectivity index (χ4v) is 2.29. The van der Waals surface area contributed by atoms with Gasteiger partial charge in [0.1, 0.15) is 5.82 Å². The Morgan fingerprint density at radius 3 is 2.52 bits per heavy atom. The Labute approximate surface area is 126 Å². The molecule has 0 spiro atoms. The van der Waals surface area contributed by atoms with Gasteiger partial charge in [-0.25, -0.2) is 4.39 Å². The second kappa shape index (κ2) is 5.54. The molecule has 0 atom stereocenters. The van der Waals surface area contributed by atoms with Crippen LogP contribution in [-0.2, 0) is 0 Å². The smallest absolute Gasteiger partial charge is 0.255 e. The van der Waals surface area contributed by atoms with Gasteiger partial charge in [0.25, 0.3) is 5.91 Å². The van der Waals surface area contributed by atoms with Crippen molar-refractivity contribution < 1.29 is 9.18 Å². The van der Waals surface area contributed by atoms with Crippen LogP contribution >= 0.6 is 11.6 Å². The monoisotopic (exact) mass is 299 g/mol. The molecule has 104 valence electrons. The zero-order valence-electron chi connectivity index (χ0n) is 10.9. The zero-order valence-corrected chi connectivity index (χ0v) is 11.7. The van der Waals surface area contributed by atoms with E-state index in [0.717, 1.165) is 10.8 Å². The van der Waals surface area contributed by atoms with Crippen molar-refractivity contribution in [1.29, 1.82) is 0 Å². The molecule has 4 heteroatoms. The molecule has 0 aliphatic rings. The Balaban J connectivity index is 1.91. The lowest BCUT2D eigenvalue weighted by Gasteiger charge is -2.07. The molecule has 1 amide bonds. The van der Waals surface area contributed by atoms with Gasteiger partial charge in [-0.15, -0.1) is 0 Å². The van der Waals surface area contributed by atoms with E-state index in [2.05, 4.69) is 5.32 Å². The average molecular weight is 300 g/mol. The minimum atomic E-state index is -0.520. The molecule has 0 saturated heterocycles. The molecule has 0 aliphatic heterocycles.